The fraction of sp³-hybridized carbons (Fsp3) is 0.308. The average Bonchev–Trinajstić information content (AvgIpc) is 2.97. The van der Waals surface area contributed by atoms with E-state index < -0.39 is 0 Å². The molecule has 7 heteroatoms. The highest BCUT2D eigenvalue weighted by Gasteiger charge is 2.15. The molecule has 2 aromatic heterocycles. The quantitative estimate of drug-likeness (QED) is 0.803. The molecule has 0 radical (unpaired) electrons. The van der Waals surface area contributed by atoms with Gasteiger partial charge in [0.05, 0.1) is 7.11 Å². The van der Waals surface area contributed by atoms with Gasteiger partial charge in [0.2, 0.25) is 4.96 Å². The predicted octanol–water partition coefficient (Wildman–Crippen LogP) is 2.69. The van der Waals surface area contributed by atoms with E-state index in [4.69, 9.17) is 4.74 Å². The van der Waals surface area contributed by atoms with E-state index >= 15 is 0 Å². The lowest BCUT2D eigenvalue weighted by Gasteiger charge is -2.03. The van der Waals surface area contributed by atoms with Gasteiger partial charge in [-0.05, 0) is 18.2 Å². The molecule has 1 aromatic carbocycles. The summed E-state index contributed by atoms with van der Waals surface area (Å²) in [4.78, 5) is 0.749. The summed E-state index contributed by atoms with van der Waals surface area (Å²) in [6.45, 7) is 4.10. The number of phenols is 1. The van der Waals surface area contributed by atoms with Crippen LogP contribution in [0.5, 0.6) is 11.5 Å². The van der Waals surface area contributed by atoms with Crippen molar-refractivity contribution in [2.75, 3.05) is 7.11 Å². The zero-order valence-electron chi connectivity index (χ0n) is 11.4. The zero-order chi connectivity index (χ0) is 14.3. The van der Waals surface area contributed by atoms with Crippen molar-refractivity contribution in [2.24, 2.45) is 0 Å². The van der Waals surface area contributed by atoms with Crippen molar-refractivity contribution in [2.45, 2.75) is 19.8 Å². The van der Waals surface area contributed by atoms with E-state index in [0.717, 1.165) is 21.4 Å². The Kier molecular flexibility index (Phi) is 3.06. The number of aromatic hydroxyl groups is 1. The second-order valence-electron chi connectivity index (χ2n) is 4.70. The van der Waals surface area contributed by atoms with E-state index in [-0.39, 0.29) is 11.7 Å². The molecule has 0 amide bonds. The van der Waals surface area contributed by atoms with Gasteiger partial charge in [0.25, 0.3) is 0 Å². The van der Waals surface area contributed by atoms with Crippen molar-refractivity contribution in [3.63, 3.8) is 0 Å². The first-order valence-corrected chi connectivity index (χ1v) is 7.01. The molecule has 0 saturated carbocycles. The van der Waals surface area contributed by atoms with Crippen LogP contribution in [0.25, 0.3) is 15.5 Å². The molecule has 1 N–H and O–H groups in total. The lowest BCUT2D eigenvalue weighted by atomic mass is 10.2. The number of methoxy groups -OCH3 is 1. The van der Waals surface area contributed by atoms with E-state index in [0.29, 0.717) is 5.75 Å². The highest BCUT2D eigenvalue weighted by molar-refractivity contribution is 7.19. The Morgan fingerprint density at radius 3 is 2.75 bits per heavy atom. The smallest absolute Gasteiger partial charge is 0.234 e. The fourth-order valence-electron chi connectivity index (χ4n) is 1.93. The van der Waals surface area contributed by atoms with Crippen LogP contribution in [0.4, 0.5) is 0 Å². The van der Waals surface area contributed by atoms with Gasteiger partial charge in [-0.15, -0.1) is 10.2 Å². The Morgan fingerprint density at radius 1 is 1.30 bits per heavy atom. The molecule has 3 rings (SSSR count). The zero-order valence-corrected chi connectivity index (χ0v) is 12.2. The molecular weight excluding hydrogens is 276 g/mol. The van der Waals surface area contributed by atoms with Crippen molar-refractivity contribution >= 4 is 16.3 Å². The Bertz CT molecular complexity index is 763. The number of aromatic nitrogens is 4. The third-order valence-electron chi connectivity index (χ3n) is 2.96. The molecule has 2 heterocycles. The second kappa shape index (κ2) is 4.75. The van der Waals surface area contributed by atoms with E-state index in [9.17, 15) is 5.11 Å². The Balaban J connectivity index is 2.08. The van der Waals surface area contributed by atoms with Gasteiger partial charge in [-0.1, -0.05) is 25.2 Å². The summed E-state index contributed by atoms with van der Waals surface area (Å²) in [5.41, 5.74) is 0.827. The number of hydrogen-bond acceptors (Lipinski definition) is 6. The number of rotatable bonds is 3. The molecular formula is C13H14N4O2S. The molecule has 0 aliphatic rings. The van der Waals surface area contributed by atoms with Crippen LogP contribution in [-0.2, 0) is 0 Å². The van der Waals surface area contributed by atoms with Gasteiger partial charge < -0.3 is 9.84 Å². The van der Waals surface area contributed by atoms with Crippen LogP contribution in [0.2, 0.25) is 0 Å². The van der Waals surface area contributed by atoms with Gasteiger partial charge in [-0.25, -0.2) is 0 Å². The maximum Gasteiger partial charge on any atom is 0.234 e. The molecule has 3 aromatic rings. The first kappa shape index (κ1) is 12.9. The molecule has 6 nitrogen and oxygen atoms in total. The lowest BCUT2D eigenvalue weighted by molar-refractivity contribution is 0.373. The SMILES string of the molecule is COc1ccc(-c2nn3c(C(C)C)nnc3s2)cc1O. The van der Waals surface area contributed by atoms with Gasteiger partial charge >= 0.3 is 0 Å². The number of nitrogens with zero attached hydrogens (tertiary/aromatic N) is 4. The second-order valence-corrected chi connectivity index (χ2v) is 5.66. The van der Waals surface area contributed by atoms with Crippen LogP contribution in [-0.4, -0.2) is 32.0 Å². The third kappa shape index (κ3) is 2.00. The number of ether oxygens (including phenoxy) is 1. The number of hydrogen-bond donors (Lipinski definition) is 1. The summed E-state index contributed by atoms with van der Waals surface area (Å²) in [7, 11) is 1.52. The molecule has 0 atom stereocenters. The van der Waals surface area contributed by atoms with E-state index in [2.05, 4.69) is 29.1 Å². The summed E-state index contributed by atoms with van der Waals surface area (Å²) in [6.07, 6.45) is 0. The van der Waals surface area contributed by atoms with Crippen molar-refractivity contribution in [3.05, 3.63) is 24.0 Å². The van der Waals surface area contributed by atoms with Crippen LogP contribution in [0.3, 0.4) is 0 Å². The molecule has 0 fully saturated rings. The summed E-state index contributed by atoms with van der Waals surface area (Å²) < 4.78 is 6.79. The van der Waals surface area contributed by atoms with Gasteiger partial charge in [0, 0.05) is 11.5 Å². The molecule has 104 valence electrons. The topological polar surface area (TPSA) is 72.5 Å². The number of fused-ring (bicyclic) bond motifs is 1. The summed E-state index contributed by atoms with van der Waals surface area (Å²) in [6, 6.07) is 5.22. The van der Waals surface area contributed by atoms with Crippen LogP contribution < -0.4 is 4.74 Å². The van der Waals surface area contributed by atoms with E-state index in [1.54, 1.807) is 16.6 Å². The molecule has 0 bridgehead atoms. The Morgan fingerprint density at radius 2 is 2.10 bits per heavy atom. The summed E-state index contributed by atoms with van der Waals surface area (Å²) in [5.74, 6) is 1.63. The van der Waals surface area contributed by atoms with Crippen LogP contribution >= 0.6 is 11.3 Å². The summed E-state index contributed by atoms with van der Waals surface area (Å²) >= 11 is 1.44. The molecule has 0 aliphatic heterocycles. The van der Waals surface area contributed by atoms with Gasteiger partial charge in [0.1, 0.15) is 5.01 Å². The minimum Gasteiger partial charge on any atom is -0.504 e. The van der Waals surface area contributed by atoms with Crippen LogP contribution in [0, 0.1) is 0 Å². The first-order valence-electron chi connectivity index (χ1n) is 6.19. The molecule has 0 spiro atoms. The van der Waals surface area contributed by atoms with E-state index in [1.807, 2.05) is 6.07 Å². The van der Waals surface area contributed by atoms with Gasteiger partial charge in [0.15, 0.2) is 17.3 Å². The maximum atomic E-state index is 9.84. The standard InChI is InChI=1S/C13H14N4O2S/c1-7(2)11-14-15-13-17(11)16-12(20-13)8-4-5-10(19-3)9(18)6-8/h4-7,18H,1-3H3. The minimum absolute atomic E-state index is 0.0973. The Hall–Kier alpha value is -2.15. The summed E-state index contributed by atoms with van der Waals surface area (Å²) in [5, 5.41) is 23.4. The van der Waals surface area contributed by atoms with Gasteiger partial charge in [-0.3, -0.25) is 0 Å². The van der Waals surface area contributed by atoms with Crippen molar-refractivity contribution in [3.8, 4) is 22.1 Å². The monoisotopic (exact) mass is 290 g/mol. The van der Waals surface area contributed by atoms with E-state index in [1.165, 1.54) is 18.4 Å². The highest BCUT2D eigenvalue weighted by Crippen LogP contribution is 2.33. The molecule has 0 saturated heterocycles. The molecule has 0 unspecified atom stereocenters. The van der Waals surface area contributed by atoms with Crippen LogP contribution in [0.15, 0.2) is 18.2 Å². The molecule has 0 aliphatic carbocycles. The van der Waals surface area contributed by atoms with Gasteiger partial charge in [-0.2, -0.15) is 9.61 Å². The van der Waals surface area contributed by atoms with Crippen molar-refractivity contribution < 1.29 is 9.84 Å². The largest absolute Gasteiger partial charge is 0.504 e. The molecule has 20 heavy (non-hydrogen) atoms. The third-order valence-corrected chi connectivity index (χ3v) is 3.91. The highest BCUT2D eigenvalue weighted by atomic mass is 32.1. The fourth-order valence-corrected chi connectivity index (χ4v) is 2.77. The number of benzene rings is 1. The lowest BCUT2D eigenvalue weighted by Crippen LogP contribution is -1.97. The Labute approximate surface area is 119 Å². The van der Waals surface area contributed by atoms with Crippen molar-refractivity contribution in [1.29, 1.82) is 0 Å². The average molecular weight is 290 g/mol. The van der Waals surface area contributed by atoms with Crippen molar-refractivity contribution in [1.82, 2.24) is 19.8 Å². The first-order chi connectivity index (χ1) is 9.60. The van der Waals surface area contributed by atoms with Crippen LogP contribution in [0.1, 0.15) is 25.6 Å². The number of phenolic OH excluding ortho intramolecular Hbond substituents is 1. The normalized spacial score (nSPS) is 11.4. The predicted molar refractivity (Wildman–Crippen MR) is 76.4 cm³/mol. The minimum atomic E-state index is 0.0973. The maximum absolute atomic E-state index is 9.84.